The third-order valence-corrected chi connectivity index (χ3v) is 7.68. The van der Waals surface area contributed by atoms with Crippen molar-refractivity contribution in [2.24, 2.45) is 4.99 Å². The van der Waals surface area contributed by atoms with Crippen molar-refractivity contribution in [1.82, 2.24) is 9.62 Å². The van der Waals surface area contributed by atoms with Gasteiger partial charge in [0.25, 0.3) is 0 Å². The van der Waals surface area contributed by atoms with Crippen LogP contribution in [0.2, 0.25) is 5.02 Å². The highest BCUT2D eigenvalue weighted by Crippen LogP contribution is 2.34. The molecule has 0 aromatic heterocycles. The molecule has 1 aliphatic heterocycles. The number of likely N-dealkylation sites (N-methyl/N-ethyl adjacent to an activating group) is 1. The van der Waals surface area contributed by atoms with Gasteiger partial charge in [-0.2, -0.15) is 4.31 Å². The van der Waals surface area contributed by atoms with Crippen LogP contribution in [0.1, 0.15) is 12.5 Å². The maximum Gasteiger partial charge on any atom is 0.244 e. The minimum atomic E-state index is -3.76. The van der Waals surface area contributed by atoms with Crippen molar-refractivity contribution < 1.29 is 12.6 Å². The molecule has 2 aromatic carbocycles. The normalized spacial score (nSPS) is 16.0. The van der Waals surface area contributed by atoms with Gasteiger partial charge in [0.2, 0.25) is 10.0 Å². The molecule has 0 fully saturated rings. The summed E-state index contributed by atoms with van der Waals surface area (Å²) in [6.07, 6.45) is 0. The van der Waals surface area contributed by atoms with E-state index < -0.39 is 20.8 Å². The number of rotatable bonds is 8. The number of benzene rings is 2. The molecule has 0 aliphatic carbocycles. The molecule has 9 heteroatoms. The van der Waals surface area contributed by atoms with Crippen LogP contribution < -0.4 is 5.32 Å². The molecule has 2 aromatic rings. The van der Waals surface area contributed by atoms with Gasteiger partial charge in [0.15, 0.2) is 0 Å². The summed E-state index contributed by atoms with van der Waals surface area (Å²) < 4.78 is 39.7. The van der Waals surface area contributed by atoms with E-state index in [2.05, 4.69) is 10.3 Å². The third kappa shape index (κ3) is 4.47. The van der Waals surface area contributed by atoms with Gasteiger partial charge >= 0.3 is 0 Å². The molecule has 0 saturated carbocycles. The standard InChI is InChI=1S/C18H20ClN3O3S2/c1-2-22(10-9-20-12-14-5-3-6-15(19)11-14)27(24,25)17-8-4-7-16-18(17)26(23)13-21-16/h3-8,11,13,20H,2,9-10,12H2,1H3. The molecule has 1 unspecified atom stereocenters. The van der Waals surface area contributed by atoms with Gasteiger partial charge in [-0.3, -0.25) is 0 Å². The Morgan fingerprint density at radius 3 is 2.74 bits per heavy atom. The van der Waals surface area contributed by atoms with E-state index >= 15 is 0 Å². The molecule has 1 N–H and O–H groups in total. The first-order valence-corrected chi connectivity index (χ1v) is 11.5. The summed E-state index contributed by atoms with van der Waals surface area (Å²) >= 11 is 5.97. The second kappa shape index (κ2) is 8.62. The van der Waals surface area contributed by atoms with Crippen molar-refractivity contribution in [2.75, 3.05) is 19.6 Å². The Bertz CT molecular complexity index is 993. The van der Waals surface area contributed by atoms with Crippen LogP contribution in [0.15, 0.2) is 57.2 Å². The van der Waals surface area contributed by atoms with Crippen molar-refractivity contribution >= 4 is 43.7 Å². The minimum Gasteiger partial charge on any atom is -0.311 e. The van der Waals surface area contributed by atoms with Crippen LogP contribution in [0.5, 0.6) is 0 Å². The fourth-order valence-corrected chi connectivity index (χ4v) is 6.06. The summed E-state index contributed by atoms with van der Waals surface area (Å²) in [6.45, 7) is 3.48. The van der Waals surface area contributed by atoms with E-state index in [-0.39, 0.29) is 9.79 Å². The van der Waals surface area contributed by atoms with Gasteiger partial charge in [0, 0.05) is 31.2 Å². The smallest absolute Gasteiger partial charge is 0.244 e. The Morgan fingerprint density at radius 1 is 1.22 bits per heavy atom. The first-order chi connectivity index (χ1) is 12.9. The largest absolute Gasteiger partial charge is 0.311 e. The van der Waals surface area contributed by atoms with E-state index in [1.807, 2.05) is 24.3 Å². The predicted octanol–water partition coefficient (Wildman–Crippen LogP) is 2.92. The summed E-state index contributed by atoms with van der Waals surface area (Å²) in [5.41, 5.74) is 2.75. The molecule has 6 nitrogen and oxygen atoms in total. The molecule has 0 bridgehead atoms. The summed E-state index contributed by atoms with van der Waals surface area (Å²) in [5, 5.41) is 3.90. The second-order valence-corrected chi connectivity index (χ2v) is 9.50. The first kappa shape index (κ1) is 20.2. The highest BCUT2D eigenvalue weighted by Gasteiger charge is 2.30. The van der Waals surface area contributed by atoms with Crippen LogP contribution in [-0.2, 0) is 27.4 Å². The van der Waals surface area contributed by atoms with Gasteiger partial charge in [-0.15, -0.1) is 0 Å². The number of aliphatic imine (C=N–C) groups is 1. The summed E-state index contributed by atoms with van der Waals surface area (Å²) in [5.74, 6) is 0. The van der Waals surface area contributed by atoms with Crippen molar-refractivity contribution in [2.45, 2.75) is 23.3 Å². The van der Waals surface area contributed by atoms with E-state index in [1.165, 1.54) is 15.9 Å². The summed E-state index contributed by atoms with van der Waals surface area (Å²) in [4.78, 5) is 4.35. The van der Waals surface area contributed by atoms with Crippen molar-refractivity contribution in [1.29, 1.82) is 0 Å². The fraction of sp³-hybridized carbons (Fsp3) is 0.278. The highest BCUT2D eigenvalue weighted by molar-refractivity contribution is 7.99. The number of hydrogen-bond acceptors (Lipinski definition) is 5. The zero-order chi connectivity index (χ0) is 19.4. The van der Waals surface area contributed by atoms with E-state index in [4.69, 9.17) is 11.6 Å². The molecule has 1 atom stereocenters. The van der Waals surface area contributed by atoms with Gasteiger partial charge in [-0.05, 0) is 29.8 Å². The molecular weight excluding hydrogens is 406 g/mol. The van der Waals surface area contributed by atoms with Crippen LogP contribution in [-0.4, -0.2) is 42.1 Å². The van der Waals surface area contributed by atoms with Gasteiger partial charge in [-0.25, -0.2) is 17.6 Å². The summed E-state index contributed by atoms with van der Waals surface area (Å²) in [6, 6.07) is 12.3. The maximum absolute atomic E-state index is 13.1. The van der Waals surface area contributed by atoms with Crippen LogP contribution in [0.4, 0.5) is 5.69 Å². The van der Waals surface area contributed by atoms with Crippen molar-refractivity contribution in [3.63, 3.8) is 0 Å². The number of sulfonamides is 1. The lowest BCUT2D eigenvalue weighted by molar-refractivity contribution is 0.418. The molecule has 3 rings (SSSR count). The van der Waals surface area contributed by atoms with Crippen LogP contribution in [0.3, 0.4) is 0 Å². The van der Waals surface area contributed by atoms with E-state index in [1.54, 1.807) is 19.1 Å². The average molecular weight is 426 g/mol. The minimum absolute atomic E-state index is 0.0625. The zero-order valence-electron chi connectivity index (χ0n) is 14.8. The van der Waals surface area contributed by atoms with Gasteiger partial charge in [-0.1, -0.05) is 36.7 Å². The molecule has 1 heterocycles. The van der Waals surface area contributed by atoms with Gasteiger partial charge in [0.1, 0.15) is 4.90 Å². The quantitative estimate of drug-likeness (QED) is 0.659. The molecule has 0 spiro atoms. The molecule has 27 heavy (non-hydrogen) atoms. The van der Waals surface area contributed by atoms with Crippen molar-refractivity contribution in [3.8, 4) is 0 Å². The fourth-order valence-electron chi connectivity index (χ4n) is 2.84. The lowest BCUT2D eigenvalue weighted by Crippen LogP contribution is -2.37. The van der Waals surface area contributed by atoms with Crippen LogP contribution in [0.25, 0.3) is 0 Å². The molecule has 0 amide bonds. The Hall–Kier alpha value is -1.58. The topological polar surface area (TPSA) is 78.8 Å². The molecular formula is C18H20ClN3O3S2. The number of fused-ring (bicyclic) bond motifs is 1. The van der Waals surface area contributed by atoms with Gasteiger partial charge < -0.3 is 5.32 Å². The number of nitrogens with zero attached hydrogens (tertiary/aromatic N) is 2. The monoisotopic (exact) mass is 425 g/mol. The maximum atomic E-state index is 13.1. The lowest BCUT2D eigenvalue weighted by atomic mass is 10.2. The van der Waals surface area contributed by atoms with Gasteiger partial charge in [0.05, 0.1) is 26.9 Å². The number of hydrogen-bond donors (Lipinski definition) is 1. The SMILES string of the molecule is CCN(CCNCc1cccc(Cl)c1)S(=O)(=O)c1cccc2c1S(=O)C=N2. The number of nitrogens with one attached hydrogen (secondary N) is 1. The second-order valence-electron chi connectivity index (χ2n) is 5.94. The Balaban J connectivity index is 1.68. The third-order valence-electron chi connectivity index (χ3n) is 4.17. The first-order valence-electron chi connectivity index (χ1n) is 8.46. The average Bonchev–Trinajstić information content (AvgIpc) is 3.03. The lowest BCUT2D eigenvalue weighted by Gasteiger charge is -2.21. The zero-order valence-corrected chi connectivity index (χ0v) is 17.1. The number of halogens is 1. The molecule has 0 radical (unpaired) electrons. The Labute approximate surface area is 166 Å². The van der Waals surface area contributed by atoms with Crippen LogP contribution in [0, 0.1) is 0 Å². The van der Waals surface area contributed by atoms with Crippen LogP contribution >= 0.6 is 11.6 Å². The highest BCUT2D eigenvalue weighted by atomic mass is 35.5. The molecule has 144 valence electrons. The van der Waals surface area contributed by atoms with E-state index in [0.29, 0.717) is 36.9 Å². The van der Waals surface area contributed by atoms with E-state index in [0.717, 1.165) is 5.56 Å². The Kier molecular flexibility index (Phi) is 6.44. The van der Waals surface area contributed by atoms with Crippen molar-refractivity contribution in [3.05, 3.63) is 53.1 Å². The Morgan fingerprint density at radius 2 is 2.00 bits per heavy atom. The molecule has 0 saturated heterocycles. The predicted molar refractivity (Wildman–Crippen MR) is 109 cm³/mol. The molecule has 1 aliphatic rings. The van der Waals surface area contributed by atoms with E-state index in [9.17, 15) is 12.6 Å². The summed E-state index contributed by atoms with van der Waals surface area (Å²) in [7, 11) is -5.30.